The molecule has 1 atom stereocenters. The van der Waals surface area contributed by atoms with E-state index in [0.717, 1.165) is 10.6 Å². The molecular weight excluding hydrogens is 214 g/mol. The second-order valence-corrected chi connectivity index (χ2v) is 3.06. The minimum absolute atomic E-state index is 0.0206. The Bertz CT molecular complexity index is 445. The molecule has 1 aromatic heterocycles. The highest BCUT2D eigenvalue weighted by Crippen LogP contribution is 1.90. The summed E-state index contributed by atoms with van der Waals surface area (Å²) in [6.45, 7) is 3.26. The van der Waals surface area contributed by atoms with Crippen LogP contribution < -0.4 is 17.0 Å². The lowest BCUT2D eigenvalue weighted by molar-refractivity contribution is -0.0987. The number of rotatable bonds is 5. The Morgan fingerprint density at radius 1 is 1.69 bits per heavy atom. The third kappa shape index (κ3) is 3.07. The van der Waals surface area contributed by atoms with Crippen LogP contribution in [-0.4, -0.2) is 27.6 Å². The van der Waals surface area contributed by atoms with Crippen LogP contribution in [0.1, 0.15) is 0 Å². The quantitative estimate of drug-likeness (QED) is 0.425. The number of anilines is 1. The van der Waals surface area contributed by atoms with Gasteiger partial charge in [0.2, 0.25) is 0 Å². The third-order valence-electron chi connectivity index (χ3n) is 1.79. The maximum Gasteiger partial charge on any atom is 0.330 e. The van der Waals surface area contributed by atoms with Gasteiger partial charge in [-0.05, 0) is 0 Å². The van der Waals surface area contributed by atoms with Gasteiger partial charge in [0.05, 0.1) is 13.2 Å². The Kier molecular flexibility index (Phi) is 4.03. The molecule has 1 rings (SSSR count). The number of aromatic amines is 1. The summed E-state index contributed by atoms with van der Waals surface area (Å²) in [4.78, 5) is 24.9. The predicted octanol–water partition coefficient (Wildman–Crippen LogP) is -1.36. The highest BCUT2D eigenvalue weighted by molar-refractivity contribution is 5.23. The lowest BCUT2D eigenvalue weighted by Gasteiger charge is -2.11. The minimum atomic E-state index is -1.25. The number of aliphatic hydroxyl groups excluding tert-OH is 1. The van der Waals surface area contributed by atoms with Crippen LogP contribution >= 0.6 is 0 Å². The smallest absolute Gasteiger partial charge is 0.330 e. The van der Waals surface area contributed by atoms with Gasteiger partial charge < -0.3 is 15.6 Å². The molecule has 7 heteroatoms. The van der Waals surface area contributed by atoms with Crippen molar-refractivity contribution in [2.24, 2.45) is 0 Å². The van der Waals surface area contributed by atoms with Gasteiger partial charge in [-0.3, -0.25) is 14.3 Å². The van der Waals surface area contributed by atoms with Crippen molar-refractivity contribution in [2.75, 3.05) is 12.3 Å². The van der Waals surface area contributed by atoms with Gasteiger partial charge >= 0.3 is 5.69 Å². The first kappa shape index (κ1) is 12.2. The predicted molar refractivity (Wildman–Crippen MR) is 57.9 cm³/mol. The van der Waals surface area contributed by atoms with Crippen LogP contribution in [0.25, 0.3) is 0 Å². The number of nitrogens with zero attached hydrogens (tertiary/aromatic N) is 1. The molecule has 0 radical (unpaired) electrons. The van der Waals surface area contributed by atoms with E-state index in [-0.39, 0.29) is 19.0 Å². The average Bonchev–Trinajstić information content (AvgIpc) is 2.20. The number of nitrogen functional groups attached to an aromatic ring is 1. The summed E-state index contributed by atoms with van der Waals surface area (Å²) in [5.41, 5.74) is 3.98. The van der Waals surface area contributed by atoms with Gasteiger partial charge in [0.15, 0.2) is 6.29 Å². The van der Waals surface area contributed by atoms with E-state index in [2.05, 4.69) is 11.6 Å². The number of ether oxygens (including phenoxy) is 1. The standard InChI is InChI=1S/C9H13N3O4/c1-2-3-16-8(14)5-12-7(13)4-6(10)11-9(12)15/h2,4,8,14H,1,3,5,10H2,(H,11,15). The maximum atomic E-state index is 11.3. The maximum absolute atomic E-state index is 11.3. The van der Waals surface area contributed by atoms with E-state index in [0.29, 0.717) is 0 Å². The Labute approximate surface area is 90.8 Å². The highest BCUT2D eigenvalue weighted by atomic mass is 16.6. The first-order valence-corrected chi connectivity index (χ1v) is 4.55. The van der Waals surface area contributed by atoms with Gasteiger partial charge in [0.25, 0.3) is 5.56 Å². The second kappa shape index (κ2) is 5.29. The van der Waals surface area contributed by atoms with Crippen LogP contribution in [0.15, 0.2) is 28.3 Å². The summed E-state index contributed by atoms with van der Waals surface area (Å²) in [7, 11) is 0. The van der Waals surface area contributed by atoms with E-state index in [4.69, 9.17) is 10.5 Å². The van der Waals surface area contributed by atoms with Crippen molar-refractivity contribution in [1.82, 2.24) is 9.55 Å². The monoisotopic (exact) mass is 227 g/mol. The molecule has 7 nitrogen and oxygen atoms in total. The zero-order chi connectivity index (χ0) is 12.1. The molecular formula is C9H13N3O4. The summed E-state index contributed by atoms with van der Waals surface area (Å²) in [5, 5.41) is 9.34. The number of hydrogen-bond acceptors (Lipinski definition) is 5. The van der Waals surface area contributed by atoms with Crippen molar-refractivity contribution in [3.05, 3.63) is 39.6 Å². The Morgan fingerprint density at radius 2 is 2.38 bits per heavy atom. The summed E-state index contributed by atoms with van der Waals surface area (Å²) in [6.07, 6.45) is 0.194. The average molecular weight is 227 g/mol. The van der Waals surface area contributed by atoms with Crippen LogP contribution in [0.2, 0.25) is 0 Å². The second-order valence-electron chi connectivity index (χ2n) is 3.06. The molecule has 0 bridgehead atoms. The van der Waals surface area contributed by atoms with Crippen LogP contribution in [0, 0.1) is 0 Å². The molecule has 0 aliphatic heterocycles. The molecule has 1 unspecified atom stereocenters. The molecule has 0 spiro atoms. The summed E-state index contributed by atoms with van der Waals surface area (Å²) < 4.78 is 5.62. The van der Waals surface area contributed by atoms with E-state index < -0.39 is 17.5 Å². The van der Waals surface area contributed by atoms with Crippen molar-refractivity contribution < 1.29 is 9.84 Å². The first-order chi connectivity index (χ1) is 7.54. The van der Waals surface area contributed by atoms with Crippen molar-refractivity contribution in [2.45, 2.75) is 12.8 Å². The Hall–Kier alpha value is -1.86. The van der Waals surface area contributed by atoms with E-state index in [1.807, 2.05) is 0 Å². The molecule has 0 aliphatic carbocycles. The van der Waals surface area contributed by atoms with Gasteiger partial charge in [-0.2, -0.15) is 0 Å². The van der Waals surface area contributed by atoms with E-state index >= 15 is 0 Å². The van der Waals surface area contributed by atoms with Crippen LogP contribution in [0.3, 0.4) is 0 Å². The fourth-order valence-electron chi connectivity index (χ4n) is 1.10. The van der Waals surface area contributed by atoms with Crippen molar-refractivity contribution in [3.8, 4) is 0 Å². The number of H-pyrrole nitrogens is 1. The van der Waals surface area contributed by atoms with Gasteiger partial charge in [-0.1, -0.05) is 6.08 Å². The van der Waals surface area contributed by atoms with Crippen LogP contribution in [0.5, 0.6) is 0 Å². The number of aromatic nitrogens is 2. The lowest BCUT2D eigenvalue weighted by Crippen LogP contribution is -2.39. The zero-order valence-corrected chi connectivity index (χ0v) is 8.55. The van der Waals surface area contributed by atoms with Crippen molar-refractivity contribution in [3.63, 3.8) is 0 Å². The molecule has 4 N–H and O–H groups in total. The topological polar surface area (TPSA) is 110 Å². The summed E-state index contributed by atoms with van der Waals surface area (Å²) in [6, 6.07) is 1.06. The minimum Gasteiger partial charge on any atom is -0.385 e. The lowest BCUT2D eigenvalue weighted by atomic mass is 10.5. The molecule has 0 aromatic carbocycles. The van der Waals surface area contributed by atoms with Gasteiger partial charge in [0, 0.05) is 6.07 Å². The molecule has 0 aliphatic rings. The first-order valence-electron chi connectivity index (χ1n) is 4.55. The molecule has 0 saturated carbocycles. The Balaban J connectivity index is 2.85. The van der Waals surface area contributed by atoms with Crippen molar-refractivity contribution in [1.29, 1.82) is 0 Å². The van der Waals surface area contributed by atoms with Gasteiger partial charge in [-0.15, -0.1) is 6.58 Å². The fraction of sp³-hybridized carbons (Fsp3) is 0.333. The molecule has 1 aromatic rings. The summed E-state index contributed by atoms with van der Waals surface area (Å²) >= 11 is 0. The zero-order valence-electron chi connectivity index (χ0n) is 8.55. The van der Waals surface area contributed by atoms with E-state index in [1.54, 1.807) is 0 Å². The number of hydrogen-bond donors (Lipinski definition) is 3. The van der Waals surface area contributed by atoms with E-state index in [1.165, 1.54) is 6.08 Å². The van der Waals surface area contributed by atoms with Crippen LogP contribution in [0.4, 0.5) is 5.82 Å². The normalized spacial score (nSPS) is 12.3. The summed E-state index contributed by atoms with van der Waals surface area (Å²) in [5.74, 6) is -0.0206. The van der Waals surface area contributed by atoms with Gasteiger partial charge in [0.1, 0.15) is 5.82 Å². The molecule has 88 valence electrons. The SMILES string of the molecule is C=CCOC(O)Cn1c(=O)cc(N)[nH]c1=O. The van der Waals surface area contributed by atoms with Gasteiger partial charge in [-0.25, -0.2) is 4.79 Å². The van der Waals surface area contributed by atoms with Crippen molar-refractivity contribution >= 4 is 5.82 Å². The van der Waals surface area contributed by atoms with E-state index in [9.17, 15) is 14.7 Å². The number of aliphatic hydroxyl groups is 1. The molecule has 16 heavy (non-hydrogen) atoms. The number of nitrogens with two attached hydrogens (primary N) is 1. The van der Waals surface area contributed by atoms with Crippen LogP contribution in [-0.2, 0) is 11.3 Å². The fourth-order valence-corrected chi connectivity index (χ4v) is 1.10. The highest BCUT2D eigenvalue weighted by Gasteiger charge is 2.09. The Morgan fingerprint density at radius 3 is 2.94 bits per heavy atom. The molecule has 0 amide bonds. The third-order valence-corrected chi connectivity index (χ3v) is 1.79. The molecule has 1 heterocycles. The largest absolute Gasteiger partial charge is 0.385 e. The molecule has 0 saturated heterocycles. The number of nitrogens with one attached hydrogen (secondary N) is 1. The molecule has 0 fully saturated rings.